The van der Waals surface area contributed by atoms with E-state index in [1.165, 1.54) is 18.5 Å². The number of nitrogens with zero attached hydrogens (tertiary/aromatic N) is 4. The topological polar surface area (TPSA) is 115 Å². The molecule has 14 heteroatoms. The van der Waals surface area contributed by atoms with Gasteiger partial charge in [0.05, 0.1) is 43.5 Å². The molecular formula is C37H40F3N5O6. The van der Waals surface area contributed by atoms with Gasteiger partial charge in [0, 0.05) is 60.7 Å². The van der Waals surface area contributed by atoms with Gasteiger partial charge in [-0.05, 0) is 56.7 Å². The van der Waals surface area contributed by atoms with Crippen molar-refractivity contribution in [1.29, 1.82) is 0 Å². The van der Waals surface area contributed by atoms with Gasteiger partial charge in [-0.15, -0.1) is 0 Å². The van der Waals surface area contributed by atoms with Crippen LogP contribution in [0.25, 0.3) is 22.2 Å². The lowest BCUT2D eigenvalue weighted by atomic mass is 9.74. The van der Waals surface area contributed by atoms with Crippen LogP contribution in [0.5, 0.6) is 11.5 Å². The predicted molar refractivity (Wildman–Crippen MR) is 183 cm³/mol. The highest BCUT2D eigenvalue weighted by molar-refractivity contribution is 5.95. The van der Waals surface area contributed by atoms with Crippen LogP contribution in [0.3, 0.4) is 0 Å². The molecule has 2 amide bonds. The molecule has 270 valence electrons. The Kier molecular flexibility index (Phi) is 10.1. The first-order valence-electron chi connectivity index (χ1n) is 16.6. The Hall–Kier alpha value is -4.95. The van der Waals surface area contributed by atoms with E-state index in [4.69, 9.17) is 19.0 Å². The molecule has 3 aromatic carbocycles. The monoisotopic (exact) mass is 707 g/mol. The predicted octanol–water partition coefficient (Wildman–Crippen LogP) is 6.76. The number of hydrogen-bond acceptors (Lipinski definition) is 9. The second-order valence-electron chi connectivity index (χ2n) is 13.9. The third-order valence-electron chi connectivity index (χ3n) is 8.56. The molecule has 6 rings (SSSR count). The van der Waals surface area contributed by atoms with Gasteiger partial charge in [0.25, 0.3) is 0 Å². The number of nitrogens with one attached hydrogen (secondary N) is 1. The van der Waals surface area contributed by atoms with Crippen molar-refractivity contribution in [1.82, 2.24) is 19.9 Å². The Morgan fingerprint density at radius 2 is 1.61 bits per heavy atom. The summed E-state index contributed by atoms with van der Waals surface area (Å²) >= 11 is 0. The number of carbonyl (C=O) groups is 2. The van der Waals surface area contributed by atoms with Gasteiger partial charge < -0.3 is 24.4 Å². The van der Waals surface area contributed by atoms with Gasteiger partial charge in [0.2, 0.25) is 5.91 Å². The van der Waals surface area contributed by atoms with E-state index in [1.807, 2.05) is 50.1 Å². The van der Waals surface area contributed by atoms with Crippen molar-refractivity contribution < 1.29 is 41.8 Å². The standard InChI is InChI=1S/C37H40F3N5O6/c1-35(2,3)51-34(47)44-19-36(20-44)21-45(22-36)50-15-5-14-49-31-18-29-28(17-30(31)48-4)33(42-23-41-29)25-8-12-27(13-9-25)43-32(46)16-24-6-10-26(11-7-24)37(38,39)40/h6-13,17-18,23H,5,14-16,19-22H2,1-4H3,(H,43,46). The first-order chi connectivity index (χ1) is 24.2. The zero-order valence-corrected chi connectivity index (χ0v) is 28.9. The number of anilines is 1. The van der Waals surface area contributed by atoms with E-state index >= 15 is 0 Å². The Morgan fingerprint density at radius 3 is 2.25 bits per heavy atom. The fourth-order valence-electron chi connectivity index (χ4n) is 6.13. The number of alkyl halides is 3. The number of halogens is 3. The summed E-state index contributed by atoms with van der Waals surface area (Å²) in [6.45, 7) is 9.38. The normalized spacial score (nSPS) is 15.6. The minimum Gasteiger partial charge on any atom is -0.493 e. The molecule has 2 fully saturated rings. The third-order valence-corrected chi connectivity index (χ3v) is 8.56. The SMILES string of the molecule is COc1cc2c(-c3ccc(NC(=O)Cc4ccc(C(F)(F)F)cc4)cc3)ncnc2cc1OCCCON1CC2(C1)CN(C(=O)OC(C)(C)C)C2. The highest BCUT2D eigenvalue weighted by atomic mass is 19.4. The van der Waals surface area contributed by atoms with Crippen LogP contribution < -0.4 is 14.8 Å². The molecule has 0 radical (unpaired) electrons. The number of likely N-dealkylation sites (tertiary alicyclic amines) is 1. The summed E-state index contributed by atoms with van der Waals surface area (Å²) in [4.78, 5) is 41.3. The van der Waals surface area contributed by atoms with Crippen molar-refractivity contribution in [3.05, 3.63) is 78.1 Å². The first kappa shape index (κ1) is 35.9. The third kappa shape index (κ3) is 8.68. The van der Waals surface area contributed by atoms with Crippen molar-refractivity contribution in [3.63, 3.8) is 0 Å². The van der Waals surface area contributed by atoms with E-state index in [0.29, 0.717) is 66.7 Å². The molecule has 4 aromatic rings. The Labute approximate surface area is 293 Å². The van der Waals surface area contributed by atoms with Crippen LogP contribution in [0.15, 0.2) is 67.0 Å². The van der Waals surface area contributed by atoms with Crippen molar-refractivity contribution in [2.24, 2.45) is 5.41 Å². The van der Waals surface area contributed by atoms with Gasteiger partial charge >= 0.3 is 12.3 Å². The zero-order chi connectivity index (χ0) is 36.4. The molecule has 1 spiro atoms. The maximum atomic E-state index is 12.8. The van der Waals surface area contributed by atoms with Crippen molar-refractivity contribution in [2.45, 2.75) is 45.4 Å². The van der Waals surface area contributed by atoms with Crippen molar-refractivity contribution in [2.75, 3.05) is 51.8 Å². The number of benzene rings is 3. The number of rotatable bonds is 11. The number of amides is 2. The summed E-state index contributed by atoms with van der Waals surface area (Å²) in [7, 11) is 1.56. The van der Waals surface area contributed by atoms with Gasteiger partial charge in [-0.1, -0.05) is 24.3 Å². The molecule has 1 aromatic heterocycles. The number of methoxy groups -OCH3 is 1. The quantitative estimate of drug-likeness (QED) is 0.169. The van der Waals surface area contributed by atoms with Crippen LogP contribution in [0.2, 0.25) is 0 Å². The van der Waals surface area contributed by atoms with Crippen LogP contribution >= 0.6 is 0 Å². The van der Waals surface area contributed by atoms with Crippen LogP contribution in [0, 0.1) is 5.41 Å². The Balaban J connectivity index is 0.981. The molecule has 2 aliphatic rings. The summed E-state index contributed by atoms with van der Waals surface area (Å²) in [6.07, 6.45) is -2.65. The van der Waals surface area contributed by atoms with Crippen LogP contribution in [-0.2, 0) is 27.0 Å². The van der Waals surface area contributed by atoms with Gasteiger partial charge in [-0.2, -0.15) is 18.2 Å². The molecule has 2 saturated heterocycles. The molecule has 51 heavy (non-hydrogen) atoms. The molecule has 1 N–H and O–H groups in total. The average molecular weight is 708 g/mol. The Morgan fingerprint density at radius 1 is 0.902 bits per heavy atom. The number of carbonyl (C=O) groups excluding carboxylic acids is 2. The van der Waals surface area contributed by atoms with Crippen molar-refractivity contribution >= 4 is 28.6 Å². The maximum Gasteiger partial charge on any atom is 0.416 e. The highest BCUT2D eigenvalue weighted by Crippen LogP contribution is 2.40. The molecule has 0 atom stereocenters. The summed E-state index contributed by atoms with van der Waals surface area (Å²) in [6, 6.07) is 15.3. The van der Waals surface area contributed by atoms with Crippen molar-refractivity contribution in [3.8, 4) is 22.8 Å². The molecule has 0 bridgehead atoms. The Bertz CT molecular complexity index is 1870. The first-order valence-corrected chi connectivity index (χ1v) is 16.6. The minimum absolute atomic E-state index is 0.0651. The summed E-state index contributed by atoms with van der Waals surface area (Å²) in [5, 5.41) is 5.45. The van der Waals surface area contributed by atoms with E-state index in [-0.39, 0.29) is 23.8 Å². The van der Waals surface area contributed by atoms with Crippen LogP contribution in [-0.4, -0.2) is 84.0 Å². The number of ether oxygens (including phenoxy) is 3. The molecule has 3 heterocycles. The summed E-state index contributed by atoms with van der Waals surface area (Å²) < 4.78 is 55.6. The van der Waals surface area contributed by atoms with Gasteiger partial charge in [0.1, 0.15) is 11.9 Å². The second kappa shape index (κ2) is 14.3. The summed E-state index contributed by atoms with van der Waals surface area (Å²) in [5.41, 5.74) is 1.93. The summed E-state index contributed by atoms with van der Waals surface area (Å²) in [5.74, 6) is 0.714. The van der Waals surface area contributed by atoms with Gasteiger partial charge in [-0.3, -0.25) is 9.63 Å². The molecular weight excluding hydrogens is 667 g/mol. The lowest BCUT2D eigenvalue weighted by Crippen LogP contribution is -2.72. The lowest BCUT2D eigenvalue weighted by Gasteiger charge is -2.58. The number of fused-ring (bicyclic) bond motifs is 1. The fraction of sp³-hybridized carbons (Fsp3) is 0.405. The average Bonchev–Trinajstić information content (AvgIpc) is 3.03. The fourth-order valence-corrected chi connectivity index (χ4v) is 6.13. The molecule has 11 nitrogen and oxygen atoms in total. The van der Waals surface area contributed by atoms with Crippen LogP contribution in [0.4, 0.5) is 23.7 Å². The minimum atomic E-state index is -4.43. The highest BCUT2D eigenvalue weighted by Gasteiger charge is 2.54. The van der Waals surface area contributed by atoms with E-state index in [2.05, 4.69) is 15.3 Å². The zero-order valence-electron chi connectivity index (χ0n) is 28.9. The van der Waals surface area contributed by atoms with Gasteiger partial charge in [-0.25, -0.2) is 14.8 Å². The number of hydroxylamine groups is 2. The maximum absolute atomic E-state index is 12.8. The largest absolute Gasteiger partial charge is 0.493 e. The molecule has 0 unspecified atom stereocenters. The van der Waals surface area contributed by atoms with Crippen LogP contribution in [0.1, 0.15) is 38.3 Å². The smallest absolute Gasteiger partial charge is 0.416 e. The van der Waals surface area contributed by atoms with E-state index in [0.717, 1.165) is 36.2 Å². The molecule has 0 saturated carbocycles. The second-order valence-corrected chi connectivity index (χ2v) is 13.9. The van der Waals surface area contributed by atoms with E-state index in [9.17, 15) is 22.8 Å². The van der Waals surface area contributed by atoms with Gasteiger partial charge in [0.15, 0.2) is 11.5 Å². The number of aromatic nitrogens is 2. The van der Waals surface area contributed by atoms with E-state index < -0.39 is 17.3 Å². The molecule has 0 aliphatic carbocycles. The molecule has 2 aliphatic heterocycles. The lowest BCUT2D eigenvalue weighted by molar-refractivity contribution is -0.275. The van der Waals surface area contributed by atoms with E-state index in [1.54, 1.807) is 24.1 Å². The number of hydrogen-bond donors (Lipinski definition) is 1.